The first kappa shape index (κ1) is 12.8. The van der Waals surface area contributed by atoms with Gasteiger partial charge in [0.2, 0.25) is 0 Å². The highest BCUT2D eigenvalue weighted by Gasteiger charge is 2.32. The van der Waals surface area contributed by atoms with Crippen molar-refractivity contribution in [2.75, 3.05) is 11.4 Å². The number of aliphatic hydroxyl groups is 1. The van der Waals surface area contributed by atoms with Crippen LogP contribution in [0.25, 0.3) is 0 Å². The second-order valence-corrected chi connectivity index (χ2v) is 4.69. The summed E-state index contributed by atoms with van der Waals surface area (Å²) >= 11 is 0. The van der Waals surface area contributed by atoms with Crippen LogP contribution in [0.5, 0.6) is 0 Å². The zero-order valence-corrected chi connectivity index (χ0v) is 10.4. The van der Waals surface area contributed by atoms with Crippen LogP contribution in [0.15, 0.2) is 18.2 Å². The van der Waals surface area contributed by atoms with Crippen LogP contribution in [-0.4, -0.2) is 17.7 Å². The van der Waals surface area contributed by atoms with Crippen molar-refractivity contribution in [3.8, 4) is 6.07 Å². The minimum absolute atomic E-state index is 0.313. The van der Waals surface area contributed by atoms with E-state index < -0.39 is 6.10 Å². The highest BCUT2D eigenvalue weighted by molar-refractivity contribution is 5.57. The molecule has 0 spiro atoms. The van der Waals surface area contributed by atoms with Crippen molar-refractivity contribution in [3.05, 3.63) is 29.6 Å². The molecule has 0 heterocycles. The van der Waals surface area contributed by atoms with Gasteiger partial charge in [0.05, 0.1) is 24.3 Å². The second kappa shape index (κ2) is 5.36. The Labute approximate surface area is 106 Å². The number of benzene rings is 1. The molecule has 1 aliphatic carbocycles. The normalized spacial score (nSPS) is 16.1. The monoisotopic (exact) mass is 248 g/mol. The highest BCUT2D eigenvalue weighted by atomic mass is 19.1. The molecule has 1 saturated carbocycles. The van der Waals surface area contributed by atoms with Crippen LogP contribution in [0, 0.1) is 17.1 Å². The Kier molecular flexibility index (Phi) is 3.83. The molecule has 0 radical (unpaired) electrons. The van der Waals surface area contributed by atoms with E-state index in [1.165, 1.54) is 6.07 Å². The van der Waals surface area contributed by atoms with Crippen LogP contribution in [0.1, 0.15) is 37.9 Å². The fourth-order valence-corrected chi connectivity index (χ4v) is 2.21. The summed E-state index contributed by atoms with van der Waals surface area (Å²) in [4.78, 5) is 1.93. The smallest absolute Gasteiger partial charge is 0.146 e. The van der Waals surface area contributed by atoms with Gasteiger partial charge in [0.15, 0.2) is 0 Å². The van der Waals surface area contributed by atoms with E-state index in [0.717, 1.165) is 12.8 Å². The molecule has 1 aromatic carbocycles. The van der Waals surface area contributed by atoms with E-state index in [1.807, 2.05) is 4.90 Å². The van der Waals surface area contributed by atoms with Gasteiger partial charge in [-0.05, 0) is 25.8 Å². The van der Waals surface area contributed by atoms with E-state index in [2.05, 4.69) is 6.07 Å². The number of nitriles is 1. The van der Waals surface area contributed by atoms with Crippen molar-refractivity contribution in [2.24, 2.45) is 0 Å². The van der Waals surface area contributed by atoms with Crippen LogP contribution >= 0.6 is 0 Å². The highest BCUT2D eigenvalue weighted by Crippen LogP contribution is 2.37. The minimum Gasteiger partial charge on any atom is -0.389 e. The van der Waals surface area contributed by atoms with Crippen molar-refractivity contribution in [1.82, 2.24) is 0 Å². The maximum Gasteiger partial charge on any atom is 0.146 e. The van der Waals surface area contributed by atoms with Gasteiger partial charge in [0.1, 0.15) is 5.82 Å². The van der Waals surface area contributed by atoms with Gasteiger partial charge in [-0.2, -0.15) is 5.26 Å². The van der Waals surface area contributed by atoms with E-state index >= 15 is 0 Å². The Hall–Kier alpha value is -1.60. The summed E-state index contributed by atoms with van der Waals surface area (Å²) in [5.74, 6) is -0.321. The van der Waals surface area contributed by atoms with Crippen LogP contribution in [0.4, 0.5) is 10.1 Å². The molecule has 0 amide bonds. The zero-order chi connectivity index (χ0) is 13.1. The predicted molar refractivity (Wildman–Crippen MR) is 67.6 cm³/mol. The first-order chi connectivity index (χ1) is 8.65. The molecule has 0 aliphatic heterocycles. The summed E-state index contributed by atoms with van der Waals surface area (Å²) in [6.45, 7) is 2.15. The fraction of sp³-hybridized carbons (Fsp3) is 0.500. The number of nitrogens with zero attached hydrogens (tertiary/aromatic N) is 2. The lowest BCUT2D eigenvalue weighted by atomic mass is 10.1. The molecular formula is C14H17FN2O. The first-order valence-electron chi connectivity index (χ1n) is 6.25. The molecule has 1 N–H and O–H groups in total. The summed E-state index contributed by atoms with van der Waals surface area (Å²) in [6.07, 6.45) is 1.71. The predicted octanol–water partition coefficient (Wildman–Crippen LogP) is 2.76. The van der Waals surface area contributed by atoms with Crippen molar-refractivity contribution in [1.29, 1.82) is 5.26 Å². The van der Waals surface area contributed by atoms with Crippen molar-refractivity contribution >= 4 is 5.69 Å². The van der Waals surface area contributed by atoms with Crippen molar-refractivity contribution < 1.29 is 9.50 Å². The Balaban J connectivity index is 2.36. The van der Waals surface area contributed by atoms with Crippen LogP contribution in [0.2, 0.25) is 0 Å². The number of anilines is 1. The number of halogens is 1. The fourth-order valence-electron chi connectivity index (χ4n) is 2.21. The number of hydrogen-bond acceptors (Lipinski definition) is 3. The van der Waals surface area contributed by atoms with Gasteiger partial charge in [-0.25, -0.2) is 4.39 Å². The topological polar surface area (TPSA) is 47.3 Å². The van der Waals surface area contributed by atoms with E-state index in [9.17, 15) is 9.50 Å². The molecule has 0 bridgehead atoms. The standard InChI is InChI=1S/C14H17FN2O/c1-10(18)12-4-2-5-13(15)14(12)17(9-3-8-16)11-6-7-11/h2,4-5,10-11,18H,3,6-7,9H2,1H3. The van der Waals surface area contributed by atoms with Crippen molar-refractivity contribution in [2.45, 2.75) is 38.3 Å². The third kappa shape index (κ3) is 2.62. The lowest BCUT2D eigenvalue weighted by Crippen LogP contribution is -2.29. The molecule has 1 aliphatic rings. The summed E-state index contributed by atoms with van der Waals surface area (Å²) in [6, 6.07) is 7.16. The molecule has 96 valence electrons. The molecule has 2 rings (SSSR count). The summed E-state index contributed by atoms with van der Waals surface area (Å²) < 4.78 is 14.0. The van der Waals surface area contributed by atoms with E-state index in [-0.39, 0.29) is 5.82 Å². The molecular weight excluding hydrogens is 231 g/mol. The molecule has 1 unspecified atom stereocenters. The molecule has 3 nitrogen and oxygen atoms in total. The quantitative estimate of drug-likeness (QED) is 0.871. The maximum atomic E-state index is 14.0. The van der Waals surface area contributed by atoms with Crippen molar-refractivity contribution in [3.63, 3.8) is 0 Å². The van der Waals surface area contributed by atoms with Gasteiger partial charge in [-0.15, -0.1) is 0 Å². The molecule has 1 fully saturated rings. The Morgan fingerprint density at radius 3 is 2.83 bits per heavy atom. The van der Waals surface area contributed by atoms with Gasteiger partial charge in [0.25, 0.3) is 0 Å². The number of hydrogen-bond donors (Lipinski definition) is 1. The molecule has 1 aromatic rings. The number of aliphatic hydroxyl groups excluding tert-OH is 1. The van der Waals surface area contributed by atoms with Gasteiger partial charge < -0.3 is 10.0 Å². The second-order valence-electron chi connectivity index (χ2n) is 4.69. The summed E-state index contributed by atoms with van der Waals surface area (Å²) in [5.41, 5.74) is 1.06. The van der Waals surface area contributed by atoms with Crippen LogP contribution in [0.3, 0.4) is 0 Å². The van der Waals surface area contributed by atoms with Gasteiger partial charge in [0, 0.05) is 18.2 Å². The Morgan fingerprint density at radius 1 is 1.56 bits per heavy atom. The minimum atomic E-state index is -0.709. The Bertz CT molecular complexity index is 463. The molecule has 4 heteroatoms. The lowest BCUT2D eigenvalue weighted by Gasteiger charge is -2.27. The summed E-state index contributed by atoms with van der Waals surface area (Å²) in [7, 11) is 0. The number of para-hydroxylation sites is 1. The Morgan fingerprint density at radius 2 is 2.28 bits per heavy atom. The maximum absolute atomic E-state index is 14.0. The molecule has 0 saturated heterocycles. The average Bonchev–Trinajstić information content (AvgIpc) is 3.15. The molecule has 0 aromatic heterocycles. The first-order valence-corrected chi connectivity index (χ1v) is 6.25. The molecule has 1 atom stereocenters. The van der Waals surface area contributed by atoms with Gasteiger partial charge >= 0.3 is 0 Å². The van der Waals surface area contributed by atoms with E-state index in [0.29, 0.717) is 30.3 Å². The summed E-state index contributed by atoms with van der Waals surface area (Å²) in [5, 5.41) is 18.4. The SMILES string of the molecule is CC(O)c1cccc(F)c1N(CCC#N)C1CC1. The zero-order valence-electron chi connectivity index (χ0n) is 10.4. The van der Waals surface area contributed by atoms with Gasteiger partial charge in [-0.3, -0.25) is 0 Å². The van der Waals surface area contributed by atoms with E-state index in [1.54, 1.807) is 19.1 Å². The number of rotatable bonds is 5. The third-order valence-electron chi connectivity index (χ3n) is 3.21. The third-order valence-corrected chi connectivity index (χ3v) is 3.21. The van der Waals surface area contributed by atoms with Crippen LogP contribution < -0.4 is 4.90 Å². The average molecular weight is 248 g/mol. The lowest BCUT2D eigenvalue weighted by molar-refractivity contribution is 0.199. The van der Waals surface area contributed by atoms with Gasteiger partial charge in [-0.1, -0.05) is 12.1 Å². The van der Waals surface area contributed by atoms with E-state index in [4.69, 9.17) is 5.26 Å². The van der Waals surface area contributed by atoms with Crippen LogP contribution in [-0.2, 0) is 0 Å². The largest absolute Gasteiger partial charge is 0.389 e. The molecule has 18 heavy (non-hydrogen) atoms.